The Morgan fingerprint density at radius 2 is 0.750 bits per heavy atom. The van der Waals surface area contributed by atoms with Crippen molar-refractivity contribution in [3.05, 3.63) is 25.3 Å². The van der Waals surface area contributed by atoms with Crippen molar-refractivity contribution in [2.75, 3.05) is 13.1 Å². The van der Waals surface area contributed by atoms with Crippen molar-refractivity contribution in [3.63, 3.8) is 0 Å². The van der Waals surface area contributed by atoms with Gasteiger partial charge >= 0.3 is 75.1 Å². The molecule has 0 aromatic carbocycles. The molecule has 0 aliphatic rings. The third-order valence-corrected chi connectivity index (χ3v) is 5.62. The molecule has 0 aliphatic heterocycles. The Hall–Kier alpha value is -2.19. The van der Waals surface area contributed by atoms with Crippen LogP contribution in [0.15, 0.2) is 25.3 Å². The molecule has 0 heterocycles. The fraction of sp³-hybridized carbons (Fsp3) is 0.765. The van der Waals surface area contributed by atoms with E-state index in [1.165, 1.54) is 0 Å². The van der Waals surface area contributed by atoms with E-state index < -0.39 is 75.1 Å². The summed E-state index contributed by atoms with van der Waals surface area (Å²) in [5.74, 6) is -81.1. The SMILES string of the molecule is C=CCNCC=C.O=S(=O)(O)C(F)(F)C(F)(F)C(F)(F)C(F)(F)C(F)(F)C(F)(F)C(F)(F)C(F)(F)C(F)(F)C(F)(F)C(F)F. The van der Waals surface area contributed by atoms with Crippen molar-refractivity contribution in [1.29, 1.82) is 0 Å². The second-order valence-electron chi connectivity index (χ2n) is 7.75. The molecular weight excluding hydrogens is 716 g/mol. The van der Waals surface area contributed by atoms with Gasteiger partial charge in [0.15, 0.2) is 0 Å². The van der Waals surface area contributed by atoms with E-state index in [1.54, 1.807) is 0 Å². The van der Waals surface area contributed by atoms with Crippen LogP contribution >= 0.6 is 0 Å². The Balaban J connectivity index is 0. The van der Waals surface area contributed by atoms with Gasteiger partial charge in [-0.25, -0.2) is 8.78 Å². The van der Waals surface area contributed by atoms with Crippen LogP contribution < -0.4 is 5.32 Å². The molecule has 0 spiro atoms. The molecule has 27 heteroatoms. The van der Waals surface area contributed by atoms with E-state index in [1.807, 2.05) is 12.2 Å². The second-order valence-corrected chi connectivity index (χ2v) is 9.21. The van der Waals surface area contributed by atoms with E-state index in [0.717, 1.165) is 13.1 Å². The largest absolute Gasteiger partial charge is 0.438 e. The zero-order chi connectivity index (χ0) is 36.6. The molecule has 2 N–H and O–H groups in total. The molecule has 0 saturated carbocycles. The van der Waals surface area contributed by atoms with Crippen molar-refractivity contribution in [1.82, 2.24) is 5.32 Å². The highest BCUT2D eigenvalue weighted by Gasteiger charge is 2.98. The van der Waals surface area contributed by atoms with Gasteiger partial charge in [0.05, 0.1) is 0 Å². The Morgan fingerprint density at radius 1 is 0.523 bits per heavy atom. The maximum absolute atomic E-state index is 13.4. The maximum atomic E-state index is 13.4. The second kappa shape index (κ2) is 12.5. The quantitative estimate of drug-likeness (QED) is 0.0799. The Morgan fingerprint density at radius 3 is 0.955 bits per heavy atom. The molecule has 0 amide bonds. The van der Waals surface area contributed by atoms with Crippen molar-refractivity contribution in [2.24, 2.45) is 0 Å². The summed E-state index contributed by atoms with van der Waals surface area (Å²) in [6, 6.07) is 0. The first kappa shape index (κ1) is 43.9. The van der Waals surface area contributed by atoms with Gasteiger partial charge in [0.2, 0.25) is 0 Å². The highest BCUT2D eigenvalue weighted by atomic mass is 32.2. The van der Waals surface area contributed by atoms with E-state index in [2.05, 4.69) is 18.5 Å². The van der Waals surface area contributed by atoms with Crippen LogP contribution in [0.1, 0.15) is 0 Å². The fourth-order valence-electron chi connectivity index (χ4n) is 2.16. The molecule has 0 fully saturated rings. The molecule has 0 bridgehead atoms. The fourth-order valence-corrected chi connectivity index (χ4v) is 2.61. The van der Waals surface area contributed by atoms with Crippen molar-refractivity contribution >= 4 is 10.1 Å². The van der Waals surface area contributed by atoms with E-state index in [9.17, 15) is 105 Å². The van der Waals surface area contributed by atoms with E-state index >= 15 is 0 Å². The predicted molar refractivity (Wildman–Crippen MR) is 100 cm³/mol. The Labute approximate surface area is 229 Å². The summed E-state index contributed by atoms with van der Waals surface area (Å²) in [5.41, 5.74) is 0. The third kappa shape index (κ3) is 6.27. The van der Waals surface area contributed by atoms with Crippen molar-refractivity contribution in [3.8, 4) is 0 Å². The Kier molecular flexibility index (Phi) is 12.5. The standard InChI is InChI=1S/C11H2F22O3S.C6H11N/c12-1(13)2(14,15)3(16,17)4(18,19)5(20,21)6(22,23)7(24,25)8(26,27)9(28,29)10(30,31)11(32,33)37(34,35)36;1-3-5-7-6-4-2/h1H,(H,34,35,36);3-4,7H,1-2,5-6H2. The molecule has 264 valence electrons. The lowest BCUT2D eigenvalue weighted by molar-refractivity contribution is -0.469. The number of hydrogen-bond donors (Lipinski definition) is 2. The first-order valence-electron chi connectivity index (χ1n) is 9.81. The first-order valence-corrected chi connectivity index (χ1v) is 11.3. The molecule has 44 heavy (non-hydrogen) atoms. The first-order chi connectivity index (χ1) is 18.9. The zero-order valence-electron chi connectivity index (χ0n) is 20.0. The summed E-state index contributed by atoms with van der Waals surface area (Å²) >= 11 is 0. The van der Waals surface area contributed by atoms with E-state index in [4.69, 9.17) is 4.55 Å². The van der Waals surface area contributed by atoms with Gasteiger partial charge in [-0.15, -0.1) is 13.2 Å². The minimum absolute atomic E-state index is 0.867. The lowest BCUT2D eigenvalue weighted by atomic mass is 9.86. The molecule has 0 aliphatic carbocycles. The van der Waals surface area contributed by atoms with Gasteiger partial charge in [0, 0.05) is 13.1 Å². The van der Waals surface area contributed by atoms with Crippen LogP contribution in [0.2, 0.25) is 0 Å². The average molecular weight is 729 g/mol. The predicted octanol–water partition coefficient (Wildman–Crippen LogP) is 7.40. The van der Waals surface area contributed by atoms with Crippen molar-refractivity contribution < 1.29 is 110 Å². The monoisotopic (exact) mass is 729 g/mol. The summed E-state index contributed by atoms with van der Waals surface area (Å²) in [6.45, 7) is 8.81. The molecule has 0 unspecified atom stereocenters. The van der Waals surface area contributed by atoms with E-state index in [0.29, 0.717) is 0 Å². The number of halogens is 22. The van der Waals surface area contributed by atoms with Gasteiger partial charge in [-0.2, -0.15) is 96.2 Å². The normalized spacial score (nSPS) is 15.5. The van der Waals surface area contributed by atoms with Gasteiger partial charge < -0.3 is 5.32 Å². The number of alkyl halides is 22. The van der Waals surface area contributed by atoms with Gasteiger partial charge in [-0.05, 0) is 0 Å². The van der Waals surface area contributed by atoms with Gasteiger partial charge in [-0.1, -0.05) is 12.2 Å². The molecule has 0 radical (unpaired) electrons. The molecular formula is C17H13F22NO3S. The van der Waals surface area contributed by atoms with Crippen molar-refractivity contribution in [2.45, 2.75) is 65.0 Å². The average Bonchev–Trinajstić information content (AvgIpc) is 2.82. The van der Waals surface area contributed by atoms with Gasteiger partial charge in [0.1, 0.15) is 0 Å². The maximum Gasteiger partial charge on any atom is 0.438 e. The third-order valence-electron chi connectivity index (χ3n) is 4.72. The molecule has 0 atom stereocenters. The van der Waals surface area contributed by atoms with Crippen LogP contribution in [0.25, 0.3) is 0 Å². The van der Waals surface area contributed by atoms with Crippen LogP contribution in [0.4, 0.5) is 96.6 Å². The minimum Gasteiger partial charge on any atom is -0.310 e. The molecule has 0 aromatic rings. The summed E-state index contributed by atoms with van der Waals surface area (Å²) in [6.07, 6.45) is -2.60. The van der Waals surface area contributed by atoms with Gasteiger partial charge in [0.25, 0.3) is 0 Å². The number of hydrogen-bond acceptors (Lipinski definition) is 3. The number of rotatable bonds is 15. The molecule has 0 saturated heterocycles. The summed E-state index contributed by atoms with van der Waals surface area (Å²) in [5, 5.41) is -5.05. The minimum atomic E-state index is -9.45. The van der Waals surface area contributed by atoms with Crippen LogP contribution in [-0.2, 0) is 10.1 Å². The zero-order valence-corrected chi connectivity index (χ0v) is 20.9. The molecule has 0 aromatic heterocycles. The number of nitrogens with one attached hydrogen (secondary N) is 1. The summed E-state index contributed by atoms with van der Waals surface area (Å²) in [7, 11) is -8.13. The van der Waals surface area contributed by atoms with Crippen LogP contribution in [0, 0.1) is 0 Å². The van der Waals surface area contributed by atoms with Crippen LogP contribution in [0.5, 0.6) is 0 Å². The molecule has 4 nitrogen and oxygen atoms in total. The van der Waals surface area contributed by atoms with Crippen LogP contribution in [-0.4, -0.2) is 91.0 Å². The summed E-state index contributed by atoms with van der Waals surface area (Å²) in [4.78, 5) is 0. The van der Waals surface area contributed by atoms with Gasteiger partial charge in [-0.3, -0.25) is 4.55 Å². The smallest absolute Gasteiger partial charge is 0.310 e. The lowest BCUT2D eigenvalue weighted by Gasteiger charge is -2.44. The van der Waals surface area contributed by atoms with Crippen LogP contribution in [0.3, 0.4) is 0 Å². The lowest BCUT2D eigenvalue weighted by Crippen LogP contribution is -2.77. The van der Waals surface area contributed by atoms with E-state index in [-0.39, 0.29) is 0 Å². The highest BCUT2D eigenvalue weighted by Crippen LogP contribution is 2.66. The highest BCUT2D eigenvalue weighted by molar-refractivity contribution is 7.87. The Bertz CT molecular complexity index is 1110. The molecule has 0 rings (SSSR count). The summed E-state index contributed by atoms with van der Waals surface area (Å²) < 4.78 is 314. The topological polar surface area (TPSA) is 66.4 Å².